The molecule has 2 saturated carbocycles. The topological polar surface area (TPSA) is 54.9 Å². The minimum absolute atomic E-state index is 0.315. The zero-order valence-corrected chi connectivity index (χ0v) is 14.6. The first-order valence-corrected chi connectivity index (χ1v) is 9.58. The minimum Gasteiger partial charge on any atom is -0.379 e. The van der Waals surface area contributed by atoms with Crippen LogP contribution >= 0.6 is 0 Å². The number of guanidine groups is 1. The molecule has 0 aromatic heterocycles. The molecule has 0 bridgehead atoms. The van der Waals surface area contributed by atoms with Crippen molar-refractivity contribution in [2.75, 3.05) is 39.5 Å². The van der Waals surface area contributed by atoms with Crippen LogP contribution in [0.3, 0.4) is 0 Å². The summed E-state index contributed by atoms with van der Waals surface area (Å²) in [5, 5.41) is 6.81. The van der Waals surface area contributed by atoms with Gasteiger partial charge in [0.15, 0.2) is 5.96 Å². The van der Waals surface area contributed by atoms with Gasteiger partial charge in [0.1, 0.15) is 0 Å². The summed E-state index contributed by atoms with van der Waals surface area (Å²) in [5.41, 5.74) is 0. The van der Waals surface area contributed by atoms with E-state index in [1.807, 2.05) is 0 Å². The SMILES string of the molecule is CCNC(=NCC(C1CC1)C1CC1)NCCCOC1CCOC1. The molecule has 2 aliphatic carbocycles. The Kier molecular flexibility index (Phi) is 6.57. The zero-order chi connectivity index (χ0) is 15.9. The maximum absolute atomic E-state index is 5.80. The fourth-order valence-electron chi connectivity index (χ4n) is 3.44. The van der Waals surface area contributed by atoms with Crippen molar-refractivity contribution in [2.45, 2.75) is 51.6 Å². The van der Waals surface area contributed by atoms with Gasteiger partial charge >= 0.3 is 0 Å². The molecule has 5 nitrogen and oxygen atoms in total. The third kappa shape index (κ3) is 5.96. The molecule has 5 heteroatoms. The van der Waals surface area contributed by atoms with Crippen LogP contribution in [0.4, 0.5) is 0 Å². The van der Waals surface area contributed by atoms with Gasteiger partial charge in [-0.2, -0.15) is 0 Å². The summed E-state index contributed by atoms with van der Waals surface area (Å²) in [5.74, 6) is 3.76. The third-order valence-corrected chi connectivity index (χ3v) is 5.11. The summed E-state index contributed by atoms with van der Waals surface area (Å²) < 4.78 is 11.1. The van der Waals surface area contributed by atoms with Crippen LogP contribution in [0.25, 0.3) is 0 Å². The molecular weight excluding hydrogens is 290 g/mol. The van der Waals surface area contributed by atoms with Gasteiger partial charge < -0.3 is 20.1 Å². The Labute approximate surface area is 140 Å². The maximum Gasteiger partial charge on any atom is 0.191 e. The Bertz CT molecular complexity index is 362. The van der Waals surface area contributed by atoms with Crippen molar-refractivity contribution in [3.8, 4) is 0 Å². The lowest BCUT2D eigenvalue weighted by atomic mass is 9.98. The quantitative estimate of drug-likeness (QED) is 0.367. The maximum atomic E-state index is 5.80. The van der Waals surface area contributed by atoms with Crippen LogP contribution in [0.5, 0.6) is 0 Å². The van der Waals surface area contributed by atoms with Crippen molar-refractivity contribution >= 4 is 5.96 Å². The van der Waals surface area contributed by atoms with E-state index in [0.29, 0.717) is 6.10 Å². The Morgan fingerprint density at radius 3 is 2.57 bits per heavy atom. The molecule has 0 spiro atoms. The van der Waals surface area contributed by atoms with Gasteiger partial charge in [-0.3, -0.25) is 4.99 Å². The van der Waals surface area contributed by atoms with E-state index < -0.39 is 0 Å². The lowest BCUT2D eigenvalue weighted by Crippen LogP contribution is -2.38. The van der Waals surface area contributed by atoms with E-state index in [4.69, 9.17) is 14.5 Å². The van der Waals surface area contributed by atoms with Crippen molar-refractivity contribution < 1.29 is 9.47 Å². The van der Waals surface area contributed by atoms with E-state index in [9.17, 15) is 0 Å². The summed E-state index contributed by atoms with van der Waals surface area (Å²) in [4.78, 5) is 4.85. The van der Waals surface area contributed by atoms with Gasteiger partial charge in [-0.05, 0) is 63.2 Å². The van der Waals surface area contributed by atoms with Crippen LogP contribution in [0.1, 0.15) is 45.4 Å². The van der Waals surface area contributed by atoms with Gasteiger partial charge in [-0.15, -0.1) is 0 Å². The van der Waals surface area contributed by atoms with Crippen molar-refractivity contribution in [3.63, 3.8) is 0 Å². The first kappa shape index (κ1) is 17.0. The lowest BCUT2D eigenvalue weighted by molar-refractivity contribution is 0.0420. The summed E-state index contributed by atoms with van der Waals surface area (Å²) in [6.45, 7) is 7.37. The monoisotopic (exact) mass is 323 g/mol. The minimum atomic E-state index is 0.315. The molecule has 0 aromatic carbocycles. The van der Waals surface area contributed by atoms with Crippen LogP contribution in [0.2, 0.25) is 0 Å². The Balaban J connectivity index is 1.32. The lowest BCUT2D eigenvalue weighted by Gasteiger charge is -2.16. The average Bonchev–Trinajstić information content (AvgIpc) is 3.48. The molecular formula is C18H33N3O2. The van der Waals surface area contributed by atoms with E-state index in [1.165, 1.54) is 25.7 Å². The van der Waals surface area contributed by atoms with Gasteiger partial charge in [0.2, 0.25) is 0 Å². The molecule has 1 heterocycles. The standard InChI is InChI=1S/C18H33N3O2/c1-2-19-18(20-9-3-10-23-16-8-11-22-13-16)21-12-17(14-4-5-14)15-6-7-15/h14-17H,2-13H2,1H3,(H2,19,20,21). The third-order valence-electron chi connectivity index (χ3n) is 5.11. The number of ether oxygens (including phenoxy) is 2. The van der Waals surface area contributed by atoms with Crippen molar-refractivity contribution in [2.24, 2.45) is 22.7 Å². The summed E-state index contributed by atoms with van der Waals surface area (Å²) in [6, 6.07) is 0. The molecule has 2 N–H and O–H groups in total. The van der Waals surface area contributed by atoms with Crippen molar-refractivity contribution in [1.82, 2.24) is 10.6 Å². The Hall–Kier alpha value is -0.810. The highest BCUT2D eigenvalue weighted by Gasteiger charge is 2.41. The second kappa shape index (κ2) is 8.88. The first-order chi connectivity index (χ1) is 11.4. The molecule has 0 amide bonds. The number of rotatable bonds is 10. The summed E-state index contributed by atoms with van der Waals surface area (Å²) in [7, 11) is 0. The van der Waals surface area contributed by atoms with E-state index in [2.05, 4.69) is 17.6 Å². The smallest absolute Gasteiger partial charge is 0.191 e. The van der Waals surface area contributed by atoms with Crippen LogP contribution in [0, 0.1) is 17.8 Å². The molecule has 1 saturated heterocycles. The highest BCUT2D eigenvalue weighted by molar-refractivity contribution is 5.79. The predicted octanol–water partition coefficient (Wildman–Crippen LogP) is 2.17. The van der Waals surface area contributed by atoms with Crippen LogP contribution in [-0.2, 0) is 9.47 Å². The molecule has 0 aromatic rings. The van der Waals surface area contributed by atoms with E-state index in [-0.39, 0.29) is 0 Å². The Morgan fingerprint density at radius 1 is 1.17 bits per heavy atom. The van der Waals surface area contributed by atoms with Gasteiger partial charge in [-0.25, -0.2) is 0 Å². The molecule has 3 aliphatic rings. The summed E-state index contributed by atoms with van der Waals surface area (Å²) >= 11 is 0. The number of hydrogen-bond acceptors (Lipinski definition) is 3. The van der Waals surface area contributed by atoms with Gasteiger partial charge in [0.05, 0.1) is 12.7 Å². The normalized spacial score (nSPS) is 25.1. The summed E-state index contributed by atoms with van der Waals surface area (Å²) in [6.07, 6.45) is 8.10. The highest BCUT2D eigenvalue weighted by atomic mass is 16.5. The molecule has 0 radical (unpaired) electrons. The molecule has 3 rings (SSSR count). The van der Waals surface area contributed by atoms with Crippen LogP contribution in [-0.4, -0.2) is 51.5 Å². The van der Waals surface area contributed by atoms with Crippen LogP contribution < -0.4 is 10.6 Å². The van der Waals surface area contributed by atoms with Crippen molar-refractivity contribution in [3.05, 3.63) is 0 Å². The fourth-order valence-corrected chi connectivity index (χ4v) is 3.44. The fraction of sp³-hybridized carbons (Fsp3) is 0.944. The van der Waals surface area contributed by atoms with Crippen LogP contribution in [0.15, 0.2) is 4.99 Å². The van der Waals surface area contributed by atoms with Gasteiger partial charge in [0, 0.05) is 32.8 Å². The largest absolute Gasteiger partial charge is 0.379 e. The number of aliphatic imine (C=N–C) groups is 1. The van der Waals surface area contributed by atoms with E-state index >= 15 is 0 Å². The van der Waals surface area contributed by atoms with Crippen molar-refractivity contribution in [1.29, 1.82) is 0 Å². The first-order valence-electron chi connectivity index (χ1n) is 9.58. The molecule has 1 aliphatic heterocycles. The van der Waals surface area contributed by atoms with E-state index in [0.717, 1.165) is 76.0 Å². The van der Waals surface area contributed by atoms with Gasteiger partial charge in [0.25, 0.3) is 0 Å². The predicted molar refractivity (Wildman–Crippen MR) is 92.7 cm³/mol. The second-order valence-electron chi connectivity index (χ2n) is 7.20. The number of nitrogens with zero attached hydrogens (tertiary/aromatic N) is 1. The zero-order valence-electron chi connectivity index (χ0n) is 14.6. The van der Waals surface area contributed by atoms with Gasteiger partial charge in [-0.1, -0.05) is 0 Å². The molecule has 1 unspecified atom stereocenters. The molecule has 1 atom stereocenters. The number of hydrogen-bond donors (Lipinski definition) is 2. The van der Waals surface area contributed by atoms with E-state index in [1.54, 1.807) is 0 Å². The molecule has 3 fully saturated rings. The average molecular weight is 323 g/mol. The molecule has 23 heavy (non-hydrogen) atoms. The molecule has 132 valence electrons. The highest BCUT2D eigenvalue weighted by Crippen LogP contribution is 2.49. The number of nitrogens with one attached hydrogen (secondary N) is 2. The second-order valence-corrected chi connectivity index (χ2v) is 7.20. The Morgan fingerprint density at radius 2 is 1.96 bits per heavy atom.